The van der Waals surface area contributed by atoms with Gasteiger partial charge in [0.2, 0.25) is 0 Å². The van der Waals surface area contributed by atoms with Gasteiger partial charge in [0.1, 0.15) is 11.5 Å². The third-order valence-electron chi connectivity index (χ3n) is 7.05. The maximum atomic E-state index is 5.44. The van der Waals surface area contributed by atoms with Crippen molar-refractivity contribution in [2.24, 2.45) is 0 Å². The lowest BCUT2D eigenvalue weighted by molar-refractivity contribution is 0.414. The average molecular weight is 523 g/mol. The minimum atomic E-state index is 0.829. The molecule has 6 rings (SSSR count). The van der Waals surface area contributed by atoms with Crippen LogP contribution in [0.3, 0.4) is 0 Å². The van der Waals surface area contributed by atoms with Gasteiger partial charge in [-0.1, -0.05) is 60.7 Å². The van der Waals surface area contributed by atoms with Gasteiger partial charge in [-0.05, 0) is 84.9 Å². The Morgan fingerprint density at radius 2 is 0.700 bits per heavy atom. The maximum Gasteiger partial charge on any atom is 0.119 e. The number of hydrogen-bond donors (Lipinski definition) is 0. The van der Waals surface area contributed by atoms with Gasteiger partial charge in [0.15, 0.2) is 0 Å². The van der Waals surface area contributed by atoms with Gasteiger partial charge in [-0.2, -0.15) is 0 Å². The van der Waals surface area contributed by atoms with Crippen molar-refractivity contribution in [3.8, 4) is 11.5 Å². The molecule has 6 aromatic rings. The molecule has 0 spiro atoms. The molecule has 6 aromatic carbocycles. The van der Waals surface area contributed by atoms with Crippen molar-refractivity contribution in [1.29, 1.82) is 0 Å². The van der Waals surface area contributed by atoms with E-state index in [1.807, 2.05) is 36.4 Å². The van der Waals surface area contributed by atoms with Crippen LogP contribution in [-0.2, 0) is 0 Å². The first kappa shape index (κ1) is 25.1. The van der Waals surface area contributed by atoms with Crippen molar-refractivity contribution < 1.29 is 9.47 Å². The molecule has 0 aliphatic carbocycles. The molecule has 0 bridgehead atoms. The van der Waals surface area contributed by atoms with Gasteiger partial charge >= 0.3 is 0 Å². The molecule has 196 valence electrons. The van der Waals surface area contributed by atoms with Crippen molar-refractivity contribution in [1.82, 2.24) is 0 Å². The molecule has 4 nitrogen and oxygen atoms in total. The molecule has 0 aliphatic rings. The van der Waals surface area contributed by atoms with Gasteiger partial charge in [-0.15, -0.1) is 0 Å². The van der Waals surface area contributed by atoms with Crippen LogP contribution < -0.4 is 19.3 Å². The minimum Gasteiger partial charge on any atom is -0.497 e. The van der Waals surface area contributed by atoms with Crippen molar-refractivity contribution in [3.05, 3.63) is 146 Å². The monoisotopic (exact) mass is 522 g/mol. The van der Waals surface area contributed by atoms with Gasteiger partial charge in [0, 0.05) is 33.5 Å². The number of ether oxygens (including phenoxy) is 2. The fourth-order valence-corrected chi connectivity index (χ4v) is 5.14. The van der Waals surface area contributed by atoms with Crippen LogP contribution in [0, 0.1) is 0 Å². The molecule has 0 heterocycles. The van der Waals surface area contributed by atoms with Crippen LogP contribution in [0.25, 0.3) is 10.8 Å². The van der Waals surface area contributed by atoms with Crippen molar-refractivity contribution in [2.45, 2.75) is 0 Å². The van der Waals surface area contributed by atoms with E-state index < -0.39 is 0 Å². The predicted octanol–water partition coefficient (Wildman–Crippen LogP) is 9.80. The Kier molecular flexibility index (Phi) is 7.06. The van der Waals surface area contributed by atoms with E-state index in [-0.39, 0.29) is 0 Å². The second-order valence-electron chi connectivity index (χ2n) is 9.39. The summed E-state index contributed by atoms with van der Waals surface area (Å²) in [6, 6.07) is 50.4. The standard InChI is InChI=1S/C36H30N2O2/c1-39-31-23-19-29(20-24-31)37(27-11-5-3-6-12-27)35-17-9-16-34-33(35)15-10-18-36(34)38(28-13-7-4-8-14-28)30-21-25-32(40-2)26-22-30/h3-26H,1-2H3. The highest BCUT2D eigenvalue weighted by Gasteiger charge is 2.19. The fraction of sp³-hybridized carbons (Fsp3) is 0.0556. The fourth-order valence-electron chi connectivity index (χ4n) is 5.14. The lowest BCUT2D eigenvalue weighted by atomic mass is 10.0. The summed E-state index contributed by atoms with van der Waals surface area (Å²) in [4.78, 5) is 4.59. The summed E-state index contributed by atoms with van der Waals surface area (Å²) in [5.41, 5.74) is 6.47. The predicted molar refractivity (Wildman–Crippen MR) is 166 cm³/mol. The van der Waals surface area contributed by atoms with E-state index in [0.29, 0.717) is 0 Å². The quantitative estimate of drug-likeness (QED) is 0.199. The molecule has 0 aliphatic heterocycles. The number of methoxy groups -OCH3 is 2. The van der Waals surface area contributed by atoms with Gasteiger partial charge in [-0.25, -0.2) is 0 Å². The summed E-state index contributed by atoms with van der Waals surface area (Å²) >= 11 is 0. The highest BCUT2D eigenvalue weighted by molar-refractivity contribution is 6.06. The Bertz CT molecular complexity index is 1570. The number of benzene rings is 6. The first-order valence-electron chi connectivity index (χ1n) is 13.3. The van der Waals surface area contributed by atoms with E-state index in [2.05, 4.69) is 119 Å². The summed E-state index contributed by atoms with van der Waals surface area (Å²) in [7, 11) is 3.38. The first-order valence-corrected chi connectivity index (χ1v) is 13.3. The molecule has 0 N–H and O–H groups in total. The van der Waals surface area contributed by atoms with Crippen LogP contribution in [0.2, 0.25) is 0 Å². The second kappa shape index (κ2) is 11.3. The third kappa shape index (κ3) is 4.83. The lowest BCUT2D eigenvalue weighted by Gasteiger charge is -2.29. The molecule has 0 saturated carbocycles. The van der Waals surface area contributed by atoms with Gasteiger partial charge in [-0.3, -0.25) is 0 Å². The van der Waals surface area contributed by atoms with Crippen LogP contribution >= 0.6 is 0 Å². The van der Waals surface area contributed by atoms with Crippen molar-refractivity contribution >= 4 is 44.9 Å². The highest BCUT2D eigenvalue weighted by atomic mass is 16.5. The van der Waals surface area contributed by atoms with E-state index in [0.717, 1.165) is 56.4 Å². The molecule has 0 atom stereocenters. The largest absolute Gasteiger partial charge is 0.497 e. The molecule has 0 radical (unpaired) electrons. The zero-order valence-corrected chi connectivity index (χ0v) is 22.6. The van der Waals surface area contributed by atoms with E-state index in [4.69, 9.17) is 9.47 Å². The zero-order valence-electron chi connectivity index (χ0n) is 22.6. The molecule has 40 heavy (non-hydrogen) atoms. The normalized spacial score (nSPS) is 10.8. The topological polar surface area (TPSA) is 24.9 Å². The van der Waals surface area contributed by atoms with Crippen molar-refractivity contribution in [3.63, 3.8) is 0 Å². The van der Waals surface area contributed by atoms with E-state index in [9.17, 15) is 0 Å². The first-order chi connectivity index (χ1) is 19.8. The smallest absolute Gasteiger partial charge is 0.119 e. The number of fused-ring (bicyclic) bond motifs is 1. The maximum absolute atomic E-state index is 5.44. The van der Waals surface area contributed by atoms with Crippen LogP contribution in [-0.4, -0.2) is 14.2 Å². The Labute approximate surface area is 235 Å². The zero-order chi connectivity index (χ0) is 27.3. The summed E-state index contributed by atoms with van der Waals surface area (Å²) in [5.74, 6) is 1.66. The van der Waals surface area contributed by atoms with Crippen LogP contribution in [0.5, 0.6) is 11.5 Å². The summed E-state index contributed by atoms with van der Waals surface area (Å²) in [5, 5.41) is 2.29. The Hall–Kier alpha value is -5.22. The lowest BCUT2D eigenvalue weighted by Crippen LogP contribution is -2.12. The number of nitrogens with zero attached hydrogens (tertiary/aromatic N) is 2. The Balaban J connectivity index is 1.56. The second-order valence-corrected chi connectivity index (χ2v) is 9.39. The summed E-state index contributed by atoms with van der Waals surface area (Å²) in [6.07, 6.45) is 0. The summed E-state index contributed by atoms with van der Waals surface area (Å²) in [6.45, 7) is 0. The highest BCUT2D eigenvalue weighted by Crippen LogP contribution is 2.44. The van der Waals surface area contributed by atoms with Crippen molar-refractivity contribution in [2.75, 3.05) is 24.0 Å². The summed E-state index contributed by atoms with van der Waals surface area (Å²) < 4.78 is 10.9. The third-order valence-corrected chi connectivity index (χ3v) is 7.05. The minimum absolute atomic E-state index is 0.829. The molecule has 0 saturated heterocycles. The van der Waals surface area contributed by atoms with Crippen LogP contribution in [0.15, 0.2) is 146 Å². The van der Waals surface area contributed by atoms with Crippen LogP contribution in [0.4, 0.5) is 34.1 Å². The molecular formula is C36H30N2O2. The molecule has 0 unspecified atom stereocenters. The van der Waals surface area contributed by atoms with Gasteiger partial charge in [0.25, 0.3) is 0 Å². The number of anilines is 6. The number of para-hydroxylation sites is 2. The number of hydrogen-bond acceptors (Lipinski definition) is 4. The Morgan fingerprint density at radius 3 is 1.05 bits per heavy atom. The van der Waals surface area contributed by atoms with Gasteiger partial charge < -0.3 is 19.3 Å². The molecule has 0 aromatic heterocycles. The SMILES string of the molecule is COc1ccc(N(c2ccccc2)c2cccc3c(N(c4ccccc4)c4ccc(OC)cc4)cccc23)cc1. The molecule has 0 amide bonds. The average Bonchev–Trinajstić information content (AvgIpc) is 3.03. The molecule has 0 fully saturated rings. The van der Waals surface area contributed by atoms with E-state index in [1.54, 1.807) is 14.2 Å². The van der Waals surface area contributed by atoms with E-state index >= 15 is 0 Å². The number of rotatable bonds is 8. The van der Waals surface area contributed by atoms with Crippen LogP contribution in [0.1, 0.15) is 0 Å². The molecular weight excluding hydrogens is 492 g/mol. The molecule has 4 heteroatoms. The van der Waals surface area contributed by atoms with Gasteiger partial charge in [0.05, 0.1) is 25.6 Å². The van der Waals surface area contributed by atoms with E-state index in [1.165, 1.54) is 0 Å². The Morgan fingerprint density at radius 1 is 0.350 bits per heavy atom.